The van der Waals surface area contributed by atoms with Gasteiger partial charge in [-0.05, 0) is 37.8 Å². The Hall–Kier alpha value is -1.99. The average molecular weight is 328 g/mol. The van der Waals surface area contributed by atoms with Gasteiger partial charge in [0.1, 0.15) is 16.7 Å². The van der Waals surface area contributed by atoms with E-state index in [4.69, 9.17) is 0 Å². The Bertz CT molecular complexity index is 728. The van der Waals surface area contributed by atoms with Gasteiger partial charge in [-0.1, -0.05) is 0 Å². The topological polar surface area (TPSA) is 66.3 Å². The average Bonchev–Trinajstić information content (AvgIpc) is 3.23. The fourth-order valence-electron chi connectivity index (χ4n) is 3.69. The van der Waals surface area contributed by atoms with Gasteiger partial charge >= 0.3 is 0 Å². The molecule has 128 valence electrons. The van der Waals surface area contributed by atoms with Crippen LogP contribution in [0.5, 0.6) is 0 Å². The number of aromatic nitrogens is 3. The van der Waals surface area contributed by atoms with Crippen LogP contribution in [0.25, 0.3) is 11.0 Å². The van der Waals surface area contributed by atoms with Gasteiger partial charge in [-0.2, -0.15) is 5.10 Å². The van der Waals surface area contributed by atoms with E-state index >= 15 is 0 Å². The molecular formula is C17H24N6O. The number of fused-ring (bicyclic) bond motifs is 1. The van der Waals surface area contributed by atoms with E-state index in [9.17, 15) is 4.79 Å². The number of carbonyl (C=O) groups excluding carboxylic acids is 1. The van der Waals surface area contributed by atoms with E-state index in [-0.39, 0.29) is 11.9 Å². The van der Waals surface area contributed by atoms with Crippen LogP contribution in [0.1, 0.15) is 36.2 Å². The van der Waals surface area contributed by atoms with E-state index in [1.54, 1.807) is 10.7 Å². The quantitative estimate of drug-likeness (QED) is 0.916. The van der Waals surface area contributed by atoms with Crippen LogP contribution in [0.4, 0.5) is 0 Å². The summed E-state index contributed by atoms with van der Waals surface area (Å²) in [5.41, 5.74) is 2.04. The Balaban J connectivity index is 1.35. The first-order valence-electron chi connectivity index (χ1n) is 8.80. The first kappa shape index (κ1) is 15.5. The van der Waals surface area contributed by atoms with Crippen LogP contribution in [-0.2, 0) is 7.05 Å². The first-order chi connectivity index (χ1) is 11.7. The minimum atomic E-state index is -0.0830. The van der Waals surface area contributed by atoms with Crippen molar-refractivity contribution in [3.63, 3.8) is 0 Å². The highest BCUT2D eigenvalue weighted by Gasteiger charge is 2.26. The van der Waals surface area contributed by atoms with Crippen molar-refractivity contribution in [1.29, 1.82) is 0 Å². The minimum Gasteiger partial charge on any atom is -0.348 e. The molecule has 1 amide bonds. The van der Waals surface area contributed by atoms with Crippen molar-refractivity contribution in [2.75, 3.05) is 26.2 Å². The summed E-state index contributed by atoms with van der Waals surface area (Å²) in [4.78, 5) is 16.9. The number of aryl methyl sites for hydroxylation is 1. The molecule has 2 aliphatic rings. The lowest BCUT2D eigenvalue weighted by Gasteiger charge is -2.37. The highest BCUT2D eigenvalue weighted by atomic mass is 16.1. The number of piperidine rings is 1. The summed E-state index contributed by atoms with van der Waals surface area (Å²) in [5.74, 6) is -0.0830. The molecule has 0 bridgehead atoms. The standard InChI is InChI=1S/C17H24N6O/c1-21-12-16-14(20-21)4-5-15(19-16)17(24)18-13-6-10-23(11-7-13)22-8-2-3-9-22/h4-5,12-13H,2-3,6-11H2,1H3,(H,18,24). The lowest BCUT2D eigenvalue weighted by atomic mass is 10.1. The summed E-state index contributed by atoms with van der Waals surface area (Å²) in [6.45, 7) is 4.43. The van der Waals surface area contributed by atoms with Gasteiger partial charge in [-0.25, -0.2) is 15.0 Å². The third kappa shape index (κ3) is 3.14. The Morgan fingerprint density at radius 2 is 1.79 bits per heavy atom. The van der Waals surface area contributed by atoms with Crippen molar-refractivity contribution in [2.45, 2.75) is 31.7 Å². The molecule has 0 aliphatic carbocycles. The van der Waals surface area contributed by atoms with Gasteiger partial charge in [0.05, 0.1) is 6.20 Å². The molecule has 2 aliphatic heterocycles. The Labute approximate surface area is 141 Å². The zero-order chi connectivity index (χ0) is 16.5. The van der Waals surface area contributed by atoms with Crippen molar-refractivity contribution in [1.82, 2.24) is 30.1 Å². The summed E-state index contributed by atoms with van der Waals surface area (Å²) in [7, 11) is 1.86. The third-order valence-electron chi connectivity index (χ3n) is 5.00. The van der Waals surface area contributed by atoms with E-state index in [1.165, 1.54) is 25.9 Å². The molecule has 1 N–H and O–H groups in total. The lowest BCUT2D eigenvalue weighted by molar-refractivity contribution is -0.0248. The normalized spacial score (nSPS) is 20.7. The smallest absolute Gasteiger partial charge is 0.270 e. The first-order valence-corrected chi connectivity index (χ1v) is 8.80. The van der Waals surface area contributed by atoms with Crippen LogP contribution < -0.4 is 5.32 Å². The molecular weight excluding hydrogens is 304 g/mol. The maximum atomic E-state index is 12.5. The van der Waals surface area contributed by atoms with Crippen LogP contribution in [0.15, 0.2) is 18.3 Å². The van der Waals surface area contributed by atoms with Crippen LogP contribution in [0.2, 0.25) is 0 Å². The van der Waals surface area contributed by atoms with Gasteiger partial charge in [0.15, 0.2) is 0 Å². The molecule has 7 nitrogen and oxygen atoms in total. The van der Waals surface area contributed by atoms with Crippen LogP contribution in [0.3, 0.4) is 0 Å². The number of hydrazine groups is 1. The van der Waals surface area contributed by atoms with Gasteiger partial charge in [-0.15, -0.1) is 0 Å². The number of nitrogens with zero attached hydrogens (tertiary/aromatic N) is 5. The van der Waals surface area contributed by atoms with Crippen molar-refractivity contribution in [3.05, 3.63) is 24.0 Å². The number of hydrogen-bond donors (Lipinski definition) is 1. The zero-order valence-electron chi connectivity index (χ0n) is 14.1. The van der Waals surface area contributed by atoms with Crippen molar-refractivity contribution in [2.24, 2.45) is 7.05 Å². The van der Waals surface area contributed by atoms with E-state index in [1.807, 2.05) is 19.3 Å². The van der Waals surface area contributed by atoms with E-state index in [2.05, 4.69) is 25.4 Å². The molecule has 24 heavy (non-hydrogen) atoms. The van der Waals surface area contributed by atoms with Crippen LogP contribution in [-0.4, -0.2) is 62.9 Å². The maximum absolute atomic E-state index is 12.5. The lowest BCUT2D eigenvalue weighted by Crippen LogP contribution is -2.50. The summed E-state index contributed by atoms with van der Waals surface area (Å²) in [6.07, 6.45) is 6.44. The molecule has 2 saturated heterocycles. The number of hydrogen-bond acceptors (Lipinski definition) is 5. The number of pyridine rings is 1. The SMILES string of the molecule is Cn1cc2nc(C(=O)NC3CCN(N4CCCC4)CC3)ccc2n1. The van der Waals surface area contributed by atoms with Gasteiger partial charge in [-0.3, -0.25) is 9.48 Å². The van der Waals surface area contributed by atoms with E-state index < -0.39 is 0 Å². The van der Waals surface area contributed by atoms with E-state index in [0.717, 1.165) is 37.0 Å². The van der Waals surface area contributed by atoms with Gasteiger partial charge in [0.2, 0.25) is 0 Å². The maximum Gasteiger partial charge on any atom is 0.270 e. The Kier molecular flexibility index (Phi) is 4.20. The molecule has 7 heteroatoms. The molecule has 0 radical (unpaired) electrons. The minimum absolute atomic E-state index is 0.0830. The van der Waals surface area contributed by atoms with Gasteiger partial charge in [0.25, 0.3) is 5.91 Å². The van der Waals surface area contributed by atoms with E-state index in [0.29, 0.717) is 5.69 Å². The highest BCUT2D eigenvalue weighted by Crippen LogP contribution is 2.18. The summed E-state index contributed by atoms with van der Waals surface area (Å²) in [5, 5.41) is 12.4. The third-order valence-corrected chi connectivity index (χ3v) is 5.00. The molecule has 4 rings (SSSR count). The summed E-state index contributed by atoms with van der Waals surface area (Å²) in [6, 6.07) is 3.85. The molecule has 0 spiro atoms. The fourth-order valence-corrected chi connectivity index (χ4v) is 3.69. The molecule has 2 aromatic rings. The molecule has 2 fully saturated rings. The molecule has 0 atom stereocenters. The largest absolute Gasteiger partial charge is 0.348 e. The summed E-state index contributed by atoms with van der Waals surface area (Å²) < 4.78 is 1.72. The number of nitrogens with one attached hydrogen (secondary N) is 1. The van der Waals surface area contributed by atoms with Gasteiger partial charge in [0, 0.05) is 39.3 Å². The predicted molar refractivity (Wildman–Crippen MR) is 91.4 cm³/mol. The predicted octanol–water partition coefficient (Wildman–Crippen LogP) is 1.17. The zero-order valence-corrected chi connectivity index (χ0v) is 14.1. The fraction of sp³-hybridized carbons (Fsp3) is 0.588. The van der Waals surface area contributed by atoms with Crippen molar-refractivity contribution >= 4 is 16.9 Å². The molecule has 0 unspecified atom stereocenters. The number of rotatable bonds is 3. The Morgan fingerprint density at radius 1 is 1.08 bits per heavy atom. The second-order valence-corrected chi connectivity index (χ2v) is 6.77. The van der Waals surface area contributed by atoms with Crippen molar-refractivity contribution < 1.29 is 4.79 Å². The molecule has 0 aromatic carbocycles. The number of carbonyl (C=O) groups is 1. The molecule has 2 aromatic heterocycles. The second-order valence-electron chi connectivity index (χ2n) is 6.77. The molecule has 0 saturated carbocycles. The van der Waals surface area contributed by atoms with Crippen LogP contribution >= 0.6 is 0 Å². The van der Waals surface area contributed by atoms with Crippen LogP contribution in [0, 0.1) is 0 Å². The second kappa shape index (κ2) is 6.49. The van der Waals surface area contributed by atoms with Gasteiger partial charge < -0.3 is 5.32 Å². The number of amides is 1. The summed E-state index contributed by atoms with van der Waals surface area (Å²) >= 11 is 0. The van der Waals surface area contributed by atoms with Crippen molar-refractivity contribution in [3.8, 4) is 0 Å². The highest BCUT2D eigenvalue weighted by molar-refractivity contribution is 5.94. The Morgan fingerprint density at radius 3 is 2.54 bits per heavy atom. The molecule has 4 heterocycles. The monoisotopic (exact) mass is 328 g/mol.